The minimum Gasteiger partial charge on any atom is -0.316 e. The van der Waals surface area contributed by atoms with Gasteiger partial charge in [0.15, 0.2) is 0 Å². The van der Waals surface area contributed by atoms with Crippen molar-refractivity contribution in [2.45, 2.75) is 46.1 Å². The average Bonchev–Trinajstić information content (AvgIpc) is 2.77. The summed E-state index contributed by atoms with van der Waals surface area (Å²) in [7, 11) is 0. The number of hydrogen-bond donors (Lipinski definition) is 1. The number of aryl methyl sites for hydroxylation is 1. The van der Waals surface area contributed by atoms with Gasteiger partial charge in [0.25, 0.3) is 0 Å². The summed E-state index contributed by atoms with van der Waals surface area (Å²) in [6.45, 7) is 7.60. The third kappa shape index (κ3) is 3.06. The fourth-order valence-corrected chi connectivity index (χ4v) is 2.58. The van der Waals surface area contributed by atoms with Gasteiger partial charge in [-0.2, -0.15) is 5.10 Å². The third-order valence-electron chi connectivity index (χ3n) is 3.85. The van der Waals surface area contributed by atoms with Gasteiger partial charge in [0.05, 0.1) is 0 Å². The van der Waals surface area contributed by atoms with Gasteiger partial charge in [-0.3, -0.25) is 4.68 Å². The topological polar surface area (TPSA) is 42.7 Å². The molecule has 0 aliphatic heterocycles. The number of nitrogens with one attached hydrogen (secondary N) is 1. The summed E-state index contributed by atoms with van der Waals surface area (Å²) in [6.07, 6.45) is 6.74. The van der Waals surface area contributed by atoms with Gasteiger partial charge in [0.1, 0.15) is 12.2 Å². The maximum atomic E-state index is 4.37. The summed E-state index contributed by atoms with van der Waals surface area (Å²) in [5.41, 5.74) is 0. The van der Waals surface area contributed by atoms with Crippen molar-refractivity contribution in [2.24, 2.45) is 11.8 Å². The standard InChI is InChI=1S/C13H24N4/c1-3-7-14-9-12-6-5-11(12)8-13-15-10-16-17(13)4-2/h10-12,14H,3-9H2,1-2H3. The summed E-state index contributed by atoms with van der Waals surface area (Å²) < 4.78 is 2.02. The second-order valence-electron chi connectivity index (χ2n) is 5.00. The molecule has 4 nitrogen and oxygen atoms in total. The van der Waals surface area contributed by atoms with Gasteiger partial charge in [-0.25, -0.2) is 4.98 Å². The molecule has 0 aromatic carbocycles. The Kier molecular flexibility index (Phi) is 4.54. The molecule has 1 aliphatic rings. The minimum atomic E-state index is 0.814. The lowest BCUT2D eigenvalue weighted by Gasteiger charge is -2.36. The van der Waals surface area contributed by atoms with Gasteiger partial charge in [-0.1, -0.05) is 6.92 Å². The Morgan fingerprint density at radius 3 is 2.82 bits per heavy atom. The van der Waals surface area contributed by atoms with Crippen LogP contribution in [0.5, 0.6) is 0 Å². The van der Waals surface area contributed by atoms with Crippen LogP contribution in [0.15, 0.2) is 6.33 Å². The van der Waals surface area contributed by atoms with Gasteiger partial charge in [0, 0.05) is 13.0 Å². The Balaban J connectivity index is 1.79. The maximum Gasteiger partial charge on any atom is 0.138 e. The van der Waals surface area contributed by atoms with E-state index in [4.69, 9.17) is 0 Å². The van der Waals surface area contributed by atoms with Crippen LogP contribution in [0, 0.1) is 11.8 Å². The zero-order valence-corrected chi connectivity index (χ0v) is 11.0. The summed E-state index contributed by atoms with van der Waals surface area (Å²) >= 11 is 0. The van der Waals surface area contributed by atoms with E-state index in [2.05, 4.69) is 29.2 Å². The molecule has 1 aromatic rings. The van der Waals surface area contributed by atoms with Gasteiger partial charge >= 0.3 is 0 Å². The van der Waals surface area contributed by atoms with Gasteiger partial charge < -0.3 is 5.32 Å². The van der Waals surface area contributed by atoms with E-state index in [1.165, 1.54) is 25.8 Å². The molecule has 2 unspecified atom stereocenters. The van der Waals surface area contributed by atoms with Crippen molar-refractivity contribution in [1.82, 2.24) is 20.1 Å². The SMILES string of the molecule is CCCNCC1CCC1Cc1ncnn1CC. The van der Waals surface area contributed by atoms with Crippen molar-refractivity contribution < 1.29 is 0 Å². The maximum absolute atomic E-state index is 4.37. The first-order valence-electron chi connectivity index (χ1n) is 6.92. The van der Waals surface area contributed by atoms with Crippen LogP contribution < -0.4 is 5.32 Å². The van der Waals surface area contributed by atoms with E-state index >= 15 is 0 Å². The van der Waals surface area contributed by atoms with Gasteiger partial charge in [-0.05, 0) is 51.1 Å². The Labute approximate surface area is 104 Å². The molecule has 4 heteroatoms. The number of rotatable bonds is 7. The molecule has 96 valence electrons. The fourth-order valence-electron chi connectivity index (χ4n) is 2.58. The molecule has 1 saturated carbocycles. The minimum absolute atomic E-state index is 0.814. The molecule has 17 heavy (non-hydrogen) atoms. The lowest BCUT2D eigenvalue weighted by Crippen LogP contribution is -2.37. The molecule has 2 rings (SSSR count). The summed E-state index contributed by atoms with van der Waals surface area (Å²) in [4.78, 5) is 4.37. The first-order chi connectivity index (χ1) is 8.35. The largest absolute Gasteiger partial charge is 0.316 e. The molecule has 2 atom stereocenters. The number of hydrogen-bond acceptors (Lipinski definition) is 3. The monoisotopic (exact) mass is 236 g/mol. The summed E-state index contributed by atoms with van der Waals surface area (Å²) in [5, 5.41) is 7.77. The normalized spacial score (nSPS) is 23.6. The highest BCUT2D eigenvalue weighted by Crippen LogP contribution is 2.35. The molecule has 0 radical (unpaired) electrons. The highest BCUT2D eigenvalue weighted by atomic mass is 15.3. The Hall–Kier alpha value is -0.900. The van der Waals surface area contributed by atoms with Gasteiger partial charge in [0.2, 0.25) is 0 Å². The van der Waals surface area contributed by atoms with Crippen molar-refractivity contribution in [2.75, 3.05) is 13.1 Å². The highest BCUT2D eigenvalue weighted by molar-refractivity contribution is 4.93. The predicted molar refractivity (Wildman–Crippen MR) is 68.8 cm³/mol. The molecule has 1 heterocycles. The van der Waals surface area contributed by atoms with Crippen LogP contribution in [0.25, 0.3) is 0 Å². The van der Waals surface area contributed by atoms with Crippen LogP contribution in [0.4, 0.5) is 0 Å². The van der Waals surface area contributed by atoms with E-state index in [-0.39, 0.29) is 0 Å². The molecule has 0 bridgehead atoms. The second kappa shape index (κ2) is 6.15. The molecule has 0 amide bonds. The highest BCUT2D eigenvalue weighted by Gasteiger charge is 2.31. The van der Waals surface area contributed by atoms with Crippen LogP contribution in [0.2, 0.25) is 0 Å². The first-order valence-corrected chi connectivity index (χ1v) is 6.92. The van der Waals surface area contributed by atoms with Gasteiger partial charge in [-0.15, -0.1) is 0 Å². The second-order valence-corrected chi connectivity index (χ2v) is 5.00. The molecule has 0 spiro atoms. The molecule has 1 N–H and O–H groups in total. The van der Waals surface area contributed by atoms with Crippen LogP contribution in [0.3, 0.4) is 0 Å². The molecular weight excluding hydrogens is 212 g/mol. The molecular formula is C13H24N4. The summed E-state index contributed by atoms with van der Waals surface area (Å²) in [6, 6.07) is 0. The van der Waals surface area contributed by atoms with E-state index < -0.39 is 0 Å². The Bertz CT molecular complexity index is 334. The Morgan fingerprint density at radius 2 is 2.18 bits per heavy atom. The van der Waals surface area contributed by atoms with E-state index in [0.29, 0.717) is 0 Å². The zero-order valence-electron chi connectivity index (χ0n) is 11.0. The van der Waals surface area contributed by atoms with E-state index in [1.807, 2.05) is 4.68 Å². The molecule has 1 fully saturated rings. The zero-order chi connectivity index (χ0) is 12.1. The average molecular weight is 236 g/mol. The molecule has 0 saturated heterocycles. The lowest BCUT2D eigenvalue weighted by atomic mass is 9.71. The van der Waals surface area contributed by atoms with Crippen molar-refractivity contribution in [3.63, 3.8) is 0 Å². The quantitative estimate of drug-likeness (QED) is 0.735. The number of nitrogens with zero attached hydrogens (tertiary/aromatic N) is 3. The summed E-state index contributed by atoms with van der Waals surface area (Å²) in [5.74, 6) is 2.83. The van der Waals surface area contributed by atoms with Crippen LogP contribution in [-0.2, 0) is 13.0 Å². The molecule has 1 aromatic heterocycles. The van der Waals surface area contributed by atoms with Crippen molar-refractivity contribution >= 4 is 0 Å². The van der Waals surface area contributed by atoms with Crippen LogP contribution in [-0.4, -0.2) is 27.9 Å². The first kappa shape index (κ1) is 12.6. The Morgan fingerprint density at radius 1 is 1.35 bits per heavy atom. The fraction of sp³-hybridized carbons (Fsp3) is 0.846. The van der Waals surface area contributed by atoms with Crippen LogP contribution >= 0.6 is 0 Å². The smallest absolute Gasteiger partial charge is 0.138 e. The van der Waals surface area contributed by atoms with Crippen molar-refractivity contribution in [3.05, 3.63) is 12.2 Å². The third-order valence-corrected chi connectivity index (χ3v) is 3.85. The van der Waals surface area contributed by atoms with E-state index in [0.717, 1.165) is 37.2 Å². The number of aromatic nitrogens is 3. The van der Waals surface area contributed by atoms with E-state index in [9.17, 15) is 0 Å². The van der Waals surface area contributed by atoms with Crippen LogP contribution in [0.1, 0.15) is 38.9 Å². The predicted octanol–water partition coefficient (Wildman–Crippen LogP) is 1.87. The van der Waals surface area contributed by atoms with Crippen molar-refractivity contribution in [3.8, 4) is 0 Å². The molecule has 1 aliphatic carbocycles. The lowest BCUT2D eigenvalue weighted by molar-refractivity contribution is 0.167. The van der Waals surface area contributed by atoms with Crippen molar-refractivity contribution in [1.29, 1.82) is 0 Å². The van der Waals surface area contributed by atoms with E-state index in [1.54, 1.807) is 6.33 Å².